The van der Waals surface area contributed by atoms with Crippen molar-refractivity contribution in [2.24, 2.45) is 0 Å². The first-order chi connectivity index (χ1) is 9.81. The minimum atomic E-state index is -4.43. The van der Waals surface area contributed by atoms with E-state index in [2.05, 4.69) is 10.2 Å². The monoisotopic (exact) mass is 301 g/mol. The van der Waals surface area contributed by atoms with Gasteiger partial charge in [0.05, 0.1) is 5.56 Å². The third-order valence-electron chi connectivity index (χ3n) is 3.70. The molecular weight excluding hydrogens is 283 g/mol. The highest BCUT2D eigenvalue weighted by Gasteiger charge is 2.35. The van der Waals surface area contributed by atoms with Crippen LogP contribution < -0.4 is 5.32 Å². The van der Waals surface area contributed by atoms with Crippen LogP contribution in [0.4, 0.5) is 18.9 Å². The van der Waals surface area contributed by atoms with Gasteiger partial charge in [-0.1, -0.05) is 6.07 Å². The summed E-state index contributed by atoms with van der Waals surface area (Å²) >= 11 is 0. The van der Waals surface area contributed by atoms with Gasteiger partial charge in [0, 0.05) is 31.4 Å². The Morgan fingerprint density at radius 2 is 2.05 bits per heavy atom. The SMILES string of the molecule is CN(C)C1CN(Cc2ccc(NC=O)cc2C(F)(F)F)C1. The van der Waals surface area contributed by atoms with Crippen LogP contribution in [0.25, 0.3) is 0 Å². The van der Waals surface area contributed by atoms with Crippen LogP contribution in [0, 0.1) is 0 Å². The molecule has 0 aromatic heterocycles. The standard InChI is InChI=1S/C14H18F3N3O/c1-19(2)12-7-20(8-12)6-10-3-4-11(18-9-21)5-13(10)14(15,16)17/h3-5,9,12H,6-8H2,1-2H3,(H,18,21). The number of nitrogens with zero attached hydrogens (tertiary/aromatic N) is 2. The van der Waals surface area contributed by atoms with Gasteiger partial charge in [0.25, 0.3) is 0 Å². The second-order valence-corrected chi connectivity index (χ2v) is 5.44. The van der Waals surface area contributed by atoms with E-state index in [0.29, 0.717) is 12.5 Å². The molecule has 0 atom stereocenters. The van der Waals surface area contributed by atoms with Crippen LogP contribution in [-0.4, -0.2) is 49.4 Å². The Labute approximate surface area is 121 Å². The van der Waals surface area contributed by atoms with Crippen LogP contribution in [0.1, 0.15) is 11.1 Å². The lowest BCUT2D eigenvalue weighted by Gasteiger charge is -2.43. The Morgan fingerprint density at radius 1 is 1.38 bits per heavy atom. The average molecular weight is 301 g/mol. The fourth-order valence-electron chi connectivity index (χ4n) is 2.38. The van der Waals surface area contributed by atoms with Crippen LogP contribution in [0.5, 0.6) is 0 Å². The molecule has 0 bridgehead atoms. The smallest absolute Gasteiger partial charge is 0.329 e. The number of likely N-dealkylation sites (tertiary alicyclic amines) is 1. The summed E-state index contributed by atoms with van der Waals surface area (Å²) in [6.45, 7) is 1.79. The molecule has 21 heavy (non-hydrogen) atoms. The van der Waals surface area contributed by atoms with E-state index in [0.717, 1.165) is 19.2 Å². The number of likely N-dealkylation sites (N-methyl/N-ethyl adjacent to an activating group) is 1. The van der Waals surface area contributed by atoms with E-state index in [9.17, 15) is 18.0 Å². The summed E-state index contributed by atoms with van der Waals surface area (Å²) in [5, 5.41) is 2.25. The predicted octanol–water partition coefficient (Wildman–Crippen LogP) is 2.02. The molecule has 7 heteroatoms. The molecule has 0 saturated carbocycles. The van der Waals surface area contributed by atoms with Gasteiger partial charge in [-0.25, -0.2) is 0 Å². The predicted molar refractivity (Wildman–Crippen MR) is 73.9 cm³/mol. The Bertz CT molecular complexity index is 511. The first-order valence-corrected chi connectivity index (χ1v) is 6.60. The highest BCUT2D eigenvalue weighted by atomic mass is 19.4. The van der Waals surface area contributed by atoms with Crippen molar-refractivity contribution in [1.29, 1.82) is 0 Å². The Hall–Kier alpha value is -1.60. The molecule has 1 aliphatic heterocycles. The van der Waals surface area contributed by atoms with Crippen molar-refractivity contribution in [3.8, 4) is 0 Å². The summed E-state index contributed by atoms with van der Waals surface area (Å²) < 4.78 is 39.3. The molecule has 0 radical (unpaired) electrons. The third kappa shape index (κ3) is 3.74. The molecule has 1 aliphatic rings. The molecule has 1 aromatic rings. The Balaban J connectivity index is 2.14. The topological polar surface area (TPSA) is 35.6 Å². The summed E-state index contributed by atoms with van der Waals surface area (Å²) in [4.78, 5) is 14.4. The number of anilines is 1. The van der Waals surface area contributed by atoms with Gasteiger partial charge in [-0.2, -0.15) is 13.2 Å². The van der Waals surface area contributed by atoms with Gasteiger partial charge in [0.15, 0.2) is 0 Å². The molecule has 1 heterocycles. The average Bonchev–Trinajstić information content (AvgIpc) is 2.33. The van der Waals surface area contributed by atoms with Crippen molar-refractivity contribution >= 4 is 12.1 Å². The highest BCUT2D eigenvalue weighted by Crippen LogP contribution is 2.35. The summed E-state index contributed by atoms with van der Waals surface area (Å²) in [5.74, 6) is 0. The number of hydrogen-bond donors (Lipinski definition) is 1. The van der Waals surface area contributed by atoms with Gasteiger partial charge in [0.2, 0.25) is 6.41 Å². The zero-order valence-corrected chi connectivity index (χ0v) is 11.9. The van der Waals surface area contributed by atoms with Gasteiger partial charge in [0.1, 0.15) is 0 Å². The summed E-state index contributed by atoms with van der Waals surface area (Å²) in [6.07, 6.45) is -4.06. The minimum absolute atomic E-state index is 0.149. The van der Waals surface area contributed by atoms with Crippen LogP contribution in [0.2, 0.25) is 0 Å². The van der Waals surface area contributed by atoms with Crippen LogP contribution >= 0.6 is 0 Å². The maximum absolute atomic E-state index is 13.1. The first-order valence-electron chi connectivity index (χ1n) is 6.60. The van der Waals surface area contributed by atoms with Crippen molar-refractivity contribution in [2.75, 3.05) is 32.5 Å². The number of benzene rings is 1. The number of alkyl halides is 3. The quantitative estimate of drug-likeness (QED) is 0.845. The Kier molecular flexibility index (Phi) is 4.53. The second kappa shape index (κ2) is 6.03. The molecule has 0 unspecified atom stereocenters. The summed E-state index contributed by atoms with van der Waals surface area (Å²) in [6, 6.07) is 4.29. The first kappa shape index (κ1) is 15.8. The normalized spacial score (nSPS) is 16.9. The lowest BCUT2D eigenvalue weighted by Crippen LogP contribution is -2.56. The lowest BCUT2D eigenvalue weighted by molar-refractivity contribution is -0.138. The number of rotatable bonds is 5. The molecule has 1 N–H and O–H groups in total. The van der Waals surface area contributed by atoms with Crippen LogP contribution in [0.15, 0.2) is 18.2 Å². The van der Waals surface area contributed by atoms with Gasteiger partial charge in [-0.3, -0.25) is 9.69 Å². The zero-order valence-electron chi connectivity index (χ0n) is 11.9. The van der Waals surface area contributed by atoms with E-state index in [1.807, 2.05) is 19.0 Å². The van der Waals surface area contributed by atoms with E-state index in [-0.39, 0.29) is 17.8 Å². The van der Waals surface area contributed by atoms with Gasteiger partial charge < -0.3 is 10.2 Å². The molecule has 1 saturated heterocycles. The molecule has 1 aromatic carbocycles. The van der Waals surface area contributed by atoms with E-state index in [1.54, 1.807) is 0 Å². The van der Waals surface area contributed by atoms with Crippen molar-refractivity contribution in [3.63, 3.8) is 0 Å². The fraction of sp³-hybridized carbons (Fsp3) is 0.500. The van der Waals surface area contributed by atoms with Crippen LogP contribution in [0.3, 0.4) is 0 Å². The summed E-state index contributed by atoms with van der Waals surface area (Å²) in [5.41, 5.74) is -0.310. The van der Waals surface area contributed by atoms with Crippen molar-refractivity contribution in [1.82, 2.24) is 9.80 Å². The molecule has 1 fully saturated rings. The second-order valence-electron chi connectivity index (χ2n) is 5.44. The Morgan fingerprint density at radius 3 is 2.57 bits per heavy atom. The number of amides is 1. The molecule has 116 valence electrons. The minimum Gasteiger partial charge on any atom is -0.329 e. The zero-order chi connectivity index (χ0) is 15.6. The molecule has 1 amide bonds. The lowest BCUT2D eigenvalue weighted by atomic mass is 10.0. The molecule has 0 spiro atoms. The largest absolute Gasteiger partial charge is 0.416 e. The van der Waals surface area contributed by atoms with E-state index < -0.39 is 11.7 Å². The number of carbonyl (C=O) groups is 1. The molecular formula is C14H18F3N3O. The van der Waals surface area contributed by atoms with Crippen molar-refractivity contribution in [3.05, 3.63) is 29.3 Å². The number of carbonyl (C=O) groups excluding carboxylic acids is 1. The molecule has 0 aliphatic carbocycles. The van der Waals surface area contributed by atoms with E-state index in [4.69, 9.17) is 0 Å². The van der Waals surface area contributed by atoms with Gasteiger partial charge in [-0.15, -0.1) is 0 Å². The molecule has 4 nitrogen and oxygen atoms in total. The van der Waals surface area contributed by atoms with Crippen molar-refractivity contribution < 1.29 is 18.0 Å². The number of hydrogen-bond acceptors (Lipinski definition) is 3. The van der Waals surface area contributed by atoms with Gasteiger partial charge >= 0.3 is 6.18 Å². The van der Waals surface area contributed by atoms with Crippen molar-refractivity contribution in [2.45, 2.75) is 18.8 Å². The molecule has 2 rings (SSSR count). The summed E-state index contributed by atoms with van der Waals surface area (Å²) in [7, 11) is 3.92. The maximum atomic E-state index is 13.1. The van der Waals surface area contributed by atoms with E-state index >= 15 is 0 Å². The highest BCUT2D eigenvalue weighted by molar-refractivity contribution is 5.71. The van der Waals surface area contributed by atoms with E-state index in [1.165, 1.54) is 12.1 Å². The van der Waals surface area contributed by atoms with Gasteiger partial charge in [-0.05, 0) is 31.8 Å². The maximum Gasteiger partial charge on any atom is 0.416 e. The number of halogens is 3. The third-order valence-corrected chi connectivity index (χ3v) is 3.70. The number of nitrogens with one attached hydrogen (secondary N) is 1. The van der Waals surface area contributed by atoms with Crippen LogP contribution in [-0.2, 0) is 17.5 Å². The fourth-order valence-corrected chi connectivity index (χ4v) is 2.38.